The summed E-state index contributed by atoms with van der Waals surface area (Å²) in [6.45, 7) is 2.91. The Hall–Kier alpha value is -3.13. The molecule has 0 radical (unpaired) electrons. The van der Waals surface area contributed by atoms with Crippen LogP contribution in [0.1, 0.15) is 35.9 Å². The number of rotatable bonds is 6. The van der Waals surface area contributed by atoms with Gasteiger partial charge in [-0.05, 0) is 50.1 Å². The quantitative estimate of drug-likeness (QED) is 0.606. The van der Waals surface area contributed by atoms with Crippen molar-refractivity contribution in [3.63, 3.8) is 0 Å². The third-order valence-electron chi connectivity index (χ3n) is 5.03. The van der Waals surface area contributed by atoms with E-state index >= 15 is 0 Å². The van der Waals surface area contributed by atoms with Crippen molar-refractivity contribution in [2.45, 2.75) is 37.6 Å². The molecule has 156 valence electrons. The Bertz CT molecular complexity index is 1140. The molecule has 30 heavy (non-hydrogen) atoms. The normalized spacial score (nSPS) is 13.5. The summed E-state index contributed by atoms with van der Waals surface area (Å²) in [5, 5.41) is 0. The minimum atomic E-state index is -3.84. The molecular weight excluding hydrogens is 402 g/mol. The first kappa shape index (κ1) is 20.2. The second-order valence-electron chi connectivity index (χ2n) is 7.09. The summed E-state index contributed by atoms with van der Waals surface area (Å²) >= 11 is 0. The van der Waals surface area contributed by atoms with Crippen LogP contribution in [-0.2, 0) is 27.7 Å². The van der Waals surface area contributed by atoms with E-state index in [2.05, 4.69) is 9.29 Å². The standard InChI is InChI=1S/C22H23N3O4S/c1-2-29-22(26)16-10-12-17(13-11-16)30(27,28)24-19-8-4-3-7-18(19)20-15-25-14-6-5-9-21(25)23-20/h3-4,7-8,10-13,15,24H,2,5-6,9,14H2,1H3. The number of sulfonamides is 1. The first-order chi connectivity index (χ1) is 14.5. The van der Waals surface area contributed by atoms with E-state index < -0.39 is 16.0 Å². The molecule has 0 bridgehead atoms. The molecule has 0 saturated carbocycles. The lowest BCUT2D eigenvalue weighted by Gasteiger charge is -2.12. The maximum absolute atomic E-state index is 12.9. The Kier molecular flexibility index (Phi) is 5.59. The van der Waals surface area contributed by atoms with Gasteiger partial charge in [-0.3, -0.25) is 4.72 Å². The monoisotopic (exact) mass is 425 g/mol. The fraction of sp³-hybridized carbons (Fsp3) is 0.273. The molecular formula is C22H23N3O4S. The Morgan fingerprint density at radius 3 is 2.63 bits per heavy atom. The number of aryl methyl sites for hydroxylation is 2. The molecule has 0 atom stereocenters. The molecule has 0 fully saturated rings. The highest BCUT2D eigenvalue weighted by molar-refractivity contribution is 7.92. The highest BCUT2D eigenvalue weighted by atomic mass is 32.2. The van der Waals surface area contributed by atoms with Gasteiger partial charge in [0.05, 0.1) is 28.4 Å². The van der Waals surface area contributed by atoms with Gasteiger partial charge >= 0.3 is 5.97 Å². The smallest absolute Gasteiger partial charge is 0.338 e. The summed E-state index contributed by atoms with van der Waals surface area (Å²) in [6, 6.07) is 12.9. The SMILES string of the molecule is CCOC(=O)c1ccc(S(=O)(=O)Nc2ccccc2-c2cn3c(n2)CCCC3)cc1. The van der Waals surface area contributed by atoms with E-state index in [1.54, 1.807) is 19.1 Å². The van der Waals surface area contributed by atoms with Crippen LogP contribution in [0.3, 0.4) is 0 Å². The Labute approximate surface area is 175 Å². The van der Waals surface area contributed by atoms with E-state index in [1.807, 2.05) is 18.3 Å². The molecule has 1 aliphatic heterocycles. The van der Waals surface area contributed by atoms with E-state index in [1.165, 1.54) is 24.3 Å². The van der Waals surface area contributed by atoms with Crippen molar-refractivity contribution in [2.75, 3.05) is 11.3 Å². The van der Waals surface area contributed by atoms with Crippen molar-refractivity contribution < 1.29 is 17.9 Å². The van der Waals surface area contributed by atoms with E-state index in [0.717, 1.165) is 42.9 Å². The lowest BCUT2D eigenvalue weighted by molar-refractivity contribution is 0.0526. The van der Waals surface area contributed by atoms with Gasteiger partial charge in [0.1, 0.15) is 5.82 Å². The summed E-state index contributed by atoms with van der Waals surface area (Å²) in [6.07, 6.45) is 5.15. The first-order valence-electron chi connectivity index (χ1n) is 9.93. The molecule has 4 rings (SSSR count). The van der Waals surface area contributed by atoms with Gasteiger partial charge in [-0.15, -0.1) is 0 Å². The molecule has 1 aliphatic rings. The van der Waals surface area contributed by atoms with Crippen molar-refractivity contribution in [1.29, 1.82) is 0 Å². The fourth-order valence-electron chi connectivity index (χ4n) is 3.53. The Morgan fingerprint density at radius 2 is 1.90 bits per heavy atom. The number of hydrogen-bond donors (Lipinski definition) is 1. The Morgan fingerprint density at radius 1 is 1.13 bits per heavy atom. The van der Waals surface area contributed by atoms with Gasteiger partial charge in [-0.1, -0.05) is 18.2 Å². The van der Waals surface area contributed by atoms with Gasteiger partial charge < -0.3 is 9.30 Å². The number of para-hydroxylation sites is 1. The summed E-state index contributed by atoms with van der Waals surface area (Å²) in [7, 11) is -3.84. The number of nitrogens with one attached hydrogen (secondary N) is 1. The fourth-order valence-corrected chi connectivity index (χ4v) is 4.61. The van der Waals surface area contributed by atoms with E-state index in [4.69, 9.17) is 9.72 Å². The zero-order valence-corrected chi connectivity index (χ0v) is 17.5. The highest BCUT2D eigenvalue weighted by Gasteiger charge is 2.20. The molecule has 3 aromatic rings. The number of nitrogens with zero attached hydrogens (tertiary/aromatic N) is 2. The zero-order valence-electron chi connectivity index (χ0n) is 16.7. The second-order valence-corrected chi connectivity index (χ2v) is 8.77. The van der Waals surface area contributed by atoms with Crippen LogP contribution in [0.5, 0.6) is 0 Å². The highest BCUT2D eigenvalue weighted by Crippen LogP contribution is 2.30. The molecule has 0 unspecified atom stereocenters. The molecule has 0 saturated heterocycles. The number of anilines is 1. The minimum absolute atomic E-state index is 0.0643. The van der Waals surface area contributed by atoms with E-state index in [0.29, 0.717) is 11.3 Å². The molecule has 0 amide bonds. The van der Waals surface area contributed by atoms with Crippen LogP contribution in [0.25, 0.3) is 11.3 Å². The zero-order chi connectivity index (χ0) is 21.1. The van der Waals surface area contributed by atoms with Crippen LogP contribution < -0.4 is 4.72 Å². The summed E-state index contributed by atoms with van der Waals surface area (Å²) in [4.78, 5) is 16.6. The summed E-state index contributed by atoms with van der Waals surface area (Å²) in [5.74, 6) is 0.548. The van der Waals surface area contributed by atoms with Crippen molar-refractivity contribution in [3.05, 3.63) is 66.1 Å². The number of carbonyl (C=O) groups excluding carboxylic acids is 1. The van der Waals surface area contributed by atoms with Crippen LogP contribution in [0, 0.1) is 0 Å². The lowest BCUT2D eigenvalue weighted by Crippen LogP contribution is -2.14. The lowest BCUT2D eigenvalue weighted by atomic mass is 10.1. The number of esters is 1. The van der Waals surface area contributed by atoms with Gasteiger partial charge in [0.25, 0.3) is 10.0 Å². The number of fused-ring (bicyclic) bond motifs is 1. The maximum atomic E-state index is 12.9. The Balaban J connectivity index is 1.61. The largest absolute Gasteiger partial charge is 0.462 e. The predicted octanol–water partition coefficient (Wildman–Crippen LogP) is 3.86. The molecule has 1 aromatic heterocycles. The molecule has 0 aliphatic carbocycles. The van der Waals surface area contributed by atoms with E-state index in [-0.39, 0.29) is 11.5 Å². The van der Waals surface area contributed by atoms with Crippen LogP contribution >= 0.6 is 0 Å². The predicted molar refractivity (Wildman–Crippen MR) is 114 cm³/mol. The van der Waals surface area contributed by atoms with Gasteiger partial charge in [-0.25, -0.2) is 18.2 Å². The average molecular weight is 426 g/mol. The van der Waals surface area contributed by atoms with Gasteiger partial charge in [0.2, 0.25) is 0 Å². The van der Waals surface area contributed by atoms with Crippen LogP contribution in [-0.4, -0.2) is 30.5 Å². The van der Waals surface area contributed by atoms with Crippen LogP contribution in [0.15, 0.2) is 59.6 Å². The van der Waals surface area contributed by atoms with Gasteiger partial charge in [0.15, 0.2) is 0 Å². The summed E-state index contributed by atoms with van der Waals surface area (Å²) < 4.78 is 35.6. The minimum Gasteiger partial charge on any atom is -0.462 e. The van der Waals surface area contributed by atoms with Crippen molar-refractivity contribution in [1.82, 2.24) is 9.55 Å². The van der Waals surface area contributed by atoms with Crippen molar-refractivity contribution in [3.8, 4) is 11.3 Å². The summed E-state index contributed by atoms with van der Waals surface area (Å²) in [5.41, 5.74) is 2.25. The van der Waals surface area contributed by atoms with E-state index in [9.17, 15) is 13.2 Å². The van der Waals surface area contributed by atoms with Crippen LogP contribution in [0.4, 0.5) is 5.69 Å². The molecule has 2 aromatic carbocycles. The third kappa shape index (κ3) is 4.09. The third-order valence-corrected chi connectivity index (χ3v) is 6.41. The second kappa shape index (κ2) is 8.31. The van der Waals surface area contributed by atoms with Crippen molar-refractivity contribution >= 4 is 21.7 Å². The molecule has 7 nitrogen and oxygen atoms in total. The van der Waals surface area contributed by atoms with Crippen molar-refractivity contribution in [2.24, 2.45) is 0 Å². The number of hydrogen-bond acceptors (Lipinski definition) is 5. The van der Waals surface area contributed by atoms with Crippen LogP contribution in [0.2, 0.25) is 0 Å². The molecule has 8 heteroatoms. The number of imidazole rings is 1. The van der Waals surface area contributed by atoms with Gasteiger partial charge in [-0.2, -0.15) is 0 Å². The number of aromatic nitrogens is 2. The topological polar surface area (TPSA) is 90.3 Å². The van der Waals surface area contributed by atoms with Gasteiger partial charge in [0, 0.05) is 24.7 Å². The molecule has 2 heterocycles. The molecule has 1 N–H and O–H groups in total. The molecule has 0 spiro atoms. The number of ether oxygens (including phenoxy) is 1. The number of benzene rings is 2. The number of carbonyl (C=O) groups is 1. The first-order valence-corrected chi connectivity index (χ1v) is 11.4. The average Bonchev–Trinajstić information content (AvgIpc) is 3.18. The maximum Gasteiger partial charge on any atom is 0.338 e.